The lowest BCUT2D eigenvalue weighted by Gasteiger charge is -2.21. The number of ether oxygens (including phenoxy) is 1. The van der Waals surface area contributed by atoms with E-state index in [2.05, 4.69) is 13.8 Å². The first-order chi connectivity index (χ1) is 14.9. The van der Waals surface area contributed by atoms with Crippen molar-refractivity contribution in [3.8, 4) is 5.75 Å². The first-order valence-corrected chi connectivity index (χ1v) is 11.0. The van der Waals surface area contributed by atoms with Gasteiger partial charge in [-0.3, -0.25) is 14.2 Å². The minimum Gasteiger partial charge on any atom is -0.497 e. The normalized spacial score (nSPS) is 11.0. The molecule has 0 N–H and O–H groups in total. The molecule has 6 heteroatoms. The molecule has 0 saturated heterocycles. The van der Waals surface area contributed by atoms with Gasteiger partial charge in [-0.15, -0.1) is 0 Å². The summed E-state index contributed by atoms with van der Waals surface area (Å²) in [5.74, 6) is 0.617. The van der Waals surface area contributed by atoms with Crippen molar-refractivity contribution in [2.75, 3.05) is 20.2 Å². The number of fused-ring (bicyclic) bond motifs is 1. The molecule has 0 aliphatic rings. The molecule has 0 spiro atoms. The second-order valence-corrected chi connectivity index (χ2v) is 8.09. The summed E-state index contributed by atoms with van der Waals surface area (Å²) in [6.07, 6.45) is 2.07. The average molecular weight is 441 g/mol. The van der Waals surface area contributed by atoms with Gasteiger partial charge in [0.15, 0.2) is 0 Å². The van der Waals surface area contributed by atoms with Crippen molar-refractivity contribution in [1.82, 2.24) is 9.47 Å². The van der Waals surface area contributed by atoms with Crippen LogP contribution in [-0.4, -0.2) is 41.5 Å². The van der Waals surface area contributed by atoms with Crippen molar-refractivity contribution in [1.29, 1.82) is 0 Å². The molecule has 0 saturated carbocycles. The highest BCUT2D eigenvalue weighted by Crippen LogP contribution is 2.31. The van der Waals surface area contributed by atoms with Gasteiger partial charge in [0.05, 0.1) is 19.0 Å². The first kappa shape index (κ1) is 22.9. The van der Waals surface area contributed by atoms with Gasteiger partial charge in [-0.1, -0.05) is 25.4 Å². The van der Waals surface area contributed by atoms with Gasteiger partial charge in [0.2, 0.25) is 5.91 Å². The lowest BCUT2D eigenvalue weighted by molar-refractivity contribution is -0.130. The van der Waals surface area contributed by atoms with Crippen molar-refractivity contribution in [2.45, 2.75) is 40.0 Å². The van der Waals surface area contributed by atoms with Gasteiger partial charge in [-0.25, -0.2) is 0 Å². The number of benzene rings is 2. The van der Waals surface area contributed by atoms with Crippen LogP contribution in [-0.2, 0) is 11.2 Å². The van der Waals surface area contributed by atoms with Gasteiger partial charge < -0.3 is 9.64 Å². The Morgan fingerprint density at radius 1 is 1.03 bits per heavy atom. The van der Waals surface area contributed by atoms with E-state index < -0.39 is 0 Å². The third-order valence-electron chi connectivity index (χ3n) is 5.50. The van der Waals surface area contributed by atoms with E-state index in [1.807, 2.05) is 30.0 Å². The highest BCUT2D eigenvalue weighted by atomic mass is 35.5. The van der Waals surface area contributed by atoms with E-state index in [1.165, 1.54) is 0 Å². The fraction of sp³-hybridized carbons (Fsp3) is 0.360. The SMILES string of the molecule is CCCN(CCC)C(=O)Cc1c(C)n(C(=O)c2ccc(Cl)cc2)c2ccc(OC)cc12. The summed E-state index contributed by atoms with van der Waals surface area (Å²) >= 11 is 5.99. The first-order valence-electron chi connectivity index (χ1n) is 10.7. The molecular weight excluding hydrogens is 412 g/mol. The largest absolute Gasteiger partial charge is 0.497 e. The fourth-order valence-corrected chi connectivity index (χ4v) is 4.09. The molecule has 0 aliphatic carbocycles. The number of rotatable bonds is 8. The maximum atomic E-state index is 13.4. The average Bonchev–Trinajstić information content (AvgIpc) is 3.04. The number of hydrogen-bond acceptors (Lipinski definition) is 3. The van der Waals surface area contributed by atoms with Crippen LogP contribution in [0.25, 0.3) is 10.9 Å². The van der Waals surface area contributed by atoms with E-state index >= 15 is 0 Å². The van der Waals surface area contributed by atoms with Crippen LogP contribution in [0.1, 0.15) is 48.3 Å². The van der Waals surface area contributed by atoms with E-state index in [0.717, 1.165) is 48.1 Å². The summed E-state index contributed by atoms with van der Waals surface area (Å²) in [7, 11) is 1.61. The van der Waals surface area contributed by atoms with Crippen LogP contribution in [0.3, 0.4) is 0 Å². The summed E-state index contributed by atoms with van der Waals surface area (Å²) in [4.78, 5) is 28.4. The molecule has 0 radical (unpaired) electrons. The topological polar surface area (TPSA) is 51.5 Å². The van der Waals surface area contributed by atoms with Crippen LogP contribution in [0, 0.1) is 6.92 Å². The Kier molecular flexibility index (Phi) is 7.39. The number of nitrogens with zero attached hydrogens (tertiary/aromatic N) is 2. The standard InChI is InChI=1S/C25H29ClN2O3/c1-5-13-27(14-6-2)24(29)16-21-17(3)28(23-12-11-20(31-4)15-22(21)23)25(30)18-7-9-19(26)10-8-18/h7-12,15H,5-6,13-14,16H2,1-4H3. The third kappa shape index (κ3) is 4.77. The molecule has 3 rings (SSSR count). The van der Waals surface area contributed by atoms with Crippen LogP contribution < -0.4 is 4.74 Å². The summed E-state index contributed by atoms with van der Waals surface area (Å²) in [5.41, 5.74) is 2.93. The Balaban J connectivity index is 2.10. The van der Waals surface area contributed by atoms with Gasteiger partial charge in [-0.05, 0) is 67.8 Å². The molecular formula is C25H29ClN2O3. The Hall–Kier alpha value is -2.79. The molecule has 1 amide bonds. The molecule has 0 unspecified atom stereocenters. The Labute approximate surface area is 188 Å². The predicted octanol–water partition coefficient (Wildman–Crippen LogP) is 5.49. The van der Waals surface area contributed by atoms with Crippen LogP contribution in [0.15, 0.2) is 42.5 Å². The number of halogens is 1. The van der Waals surface area contributed by atoms with Crippen LogP contribution >= 0.6 is 11.6 Å². The molecule has 0 bridgehead atoms. The second kappa shape index (κ2) is 10.0. The maximum absolute atomic E-state index is 13.4. The van der Waals surface area contributed by atoms with Crippen molar-refractivity contribution < 1.29 is 14.3 Å². The van der Waals surface area contributed by atoms with E-state index in [9.17, 15) is 9.59 Å². The molecule has 0 aliphatic heterocycles. The zero-order valence-electron chi connectivity index (χ0n) is 18.6. The van der Waals surface area contributed by atoms with Crippen molar-refractivity contribution in [3.63, 3.8) is 0 Å². The highest BCUT2D eigenvalue weighted by Gasteiger charge is 2.23. The molecule has 0 fully saturated rings. The number of amides is 1. The molecule has 2 aromatic carbocycles. The van der Waals surface area contributed by atoms with Crippen molar-refractivity contribution >= 4 is 34.3 Å². The number of carbonyl (C=O) groups excluding carboxylic acids is 2. The molecule has 1 aromatic heterocycles. The minimum atomic E-state index is -0.151. The highest BCUT2D eigenvalue weighted by molar-refractivity contribution is 6.30. The maximum Gasteiger partial charge on any atom is 0.262 e. The van der Waals surface area contributed by atoms with Crippen LogP contribution in [0.2, 0.25) is 5.02 Å². The van der Waals surface area contributed by atoms with Gasteiger partial charge in [0.25, 0.3) is 5.91 Å². The predicted molar refractivity (Wildman–Crippen MR) is 125 cm³/mol. The number of aromatic nitrogens is 1. The van der Waals surface area contributed by atoms with E-state index in [-0.39, 0.29) is 18.2 Å². The Bertz CT molecular complexity index is 1080. The van der Waals surface area contributed by atoms with Crippen LogP contribution in [0.5, 0.6) is 5.75 Å². The summed E-state index contributed by atoms with van der Waals surface area (Å²) in [5, 5.41) is 1.44. The lowest BCUT2D eigenvalue weighted by atomic mass is 10.1. The van der Waals surface area contributed by atoms with Gasteiger partial charge in [-0.2, -0.15) is 0 Å². The van der Waals surface area contributed by atoms with E-state index in [4.69, 9.17) is 16.3 Å². The molecule has 0 atom stereocenters. The van der Waals surface area contributed by atoms with Gasteiger partial charge >= 0.3 is 0 Å². The Morgan fingerprint density at radius 2 is 1.68 bits per heavy atom. The lowest BCUT2D eigenvalue weighted by Crippen LogP contribution is -2.33. The van der Waals surface area contributed by atoms with Gasteiger partial charge in [0, 0.05) is 34.8 Å². The minimum absolute atomic E-state index is 0.0765. The second-order valence-electron chi connectivity index (χ2n) is 7.65. The number of methoxy groups -OCH3 is 1. The Morgan fingerprint density at radius 3 is 2.26 bits per heavy atom. The fourth-order valence-electron chi connectivity index (χ4n) is 3.96. The molecule has 1 heterocycles. The van der Waals surface area contributed by atoms with Crippen molar-refractivity contribution in [3.05, 3.63) is 64.3 Å². The smallest absolute Gasteiger partial charge is 0.262 e. The molecule has 3 aromatic rings. The summed E-state index contributed by atoms with van der Waals surface area (Å²) < 4.78 is 7.10. The number of hydrogen-bond donors (Lipinski definition) is 0. The van der Waals surface area contributed by atoms with Crippen LogP contribution in [0.4, 0.5) is 0 Å². The number of carbonyl (C=O) groups is 2. The third-order valence-corrected chi connectivity index (χ3v) is 5.76. The molecule has 5 nitrogen and oxygen atoms in total. The van der Waals surface area contributed by atoms with E-state index in [1.54, 1.807) is 35.9 Å². The molecule has 31 heavy (non-hydrogen) atoms. The quantitative estimate of drug-likeness (QED) is 0.465. The summed E-state index contributed by atoms with van der Waals surface area (Å²) in [6, 6.07) is 12.5. The zero-order valence-corrected chi connectivity index (χ0v) is 19.3. The monoisotopic (exact) mass is 440 g/mol. The van der Waals surface area contributed by atoms with Crippen molar-refractivity contribution in [2.24, 2.45) is 0 Å². The van der Waals surface area contributed by atoms with Gasteiger partial charge in [0.1, 0.15) is 5.75 Å². The zero-order chi connectivity index (χ0) is 22.5. The molecule has 164 valence electrons. The van der Waals surface area contributed by atoms with E-state index in [0.29, 0.717) is 16.3 Å². The summed E-state index contributed by atoms with van der Waals surface area (Å²) in [6.45, 7) is 7.51.